The molecule has 14 heavy (non-hydrogen) atoms. The van der Waals surface area contributed by atoms with Crippen LogP contribution in [0.2, 0.25) is 0 Å². The Labute approximate surface area is 79.8 Å². The molecule has 1 aliphatic rings. The van der Waals surface area contributed by atoms with Crippen LogP contribution in [0.15, 0.2) is 0 Å². The number of methoxy groups -OCH3 is 1. The summed E-state index contributed by atoms with van der Waals surface area (Å²) in [5, 5.41) is 27.3. The summed E-state index contributed by atoms with van der Waals surface area (Å²) >= 11 is 0. The number of ether oxygens (including phenoxy) is 3. The molecule has 0 amide bonds. The second-order valence-electron chi connectivity index (χ2n) is 2.81. The van der Waals surface area contributed by atoms with Crippen molar-refractivity contribution in [3.63, 3.8) is 0 Å². The smallest absolute Gasteiger partial charge is 0.438 e. The van der Waals surface area contributed by atoms with Crippen LogP contribution in [-0.2, 0) is 14.2 Å². The van der Waals surface area contributed by atoms with Gasteiger partial charge in [-0.15, -0.1) is 0 Å². The van der Waals surface area contributed by atoms with E-state index >= 15 is 0 Å². The summed E-state index contributed by atoms with van der Waals surface area (Å²) in [7, 11) is 1.14. The molecule has 1 heterocycles. The first-order valence-corrected chi connectivity index (χ1v) is 3.96. The minimum Gasteiger partial charge on any atom is -0.438 e. The van der Waals surface area contributed by atoms with Crippen molar-refractivity contribution in [2.75, 3.05) is 13.7 Å². The fraction of sp³-hybridized carbons (Fsp3) is 0.857. The van der Waals surface area contributed by atoms with E-state index in [1.807, 2.05) is 0 Å². The number of carbonyl (C=O) groups is 1. The fourth-order valence-electron chi connectivity index (χ4n) is 1.08. The zero-order valence-electron chi connectivity index (χ0n) is 7.49. The molecule has 7 heteroatoms. The fourth-order valence-corrected chi connectivity index (χ4v) is 1.08. The second-order valence-corrected chi connectivity index (χ2v) is 2.81. The van der Waals surface area contributed by atoms with Gasteiger partial charge in [0.25, 0.3) is 0 Å². The maximum atomic E-state index is 10.5. The third-order valence-electron chi connectivity index (χ3n) is 1.87. The third-order valence-corrected chi connectivity index (χ3v) is 1.87. The number of hydrogen-bond donors (Lipinski definition) is 3. The zero-order valence-corrected chi connectivity index (χ0v) is 7.49. The molecule has 0 saturated carbocycles. The molecule has 1 aliphatic heterocycles. The van der Waals surface area contributed by atoms with Crippen LogP contribution in [0.1, 0.15) is 0 Å². The Morgan fingerprint density at radius 2 is 2.00 bits per heavy atom. The Morgan fingerprint density at radius 3 is 2.43 bits per heavy atom. The summed E-state index contributed by atoms with van der Waals surface area (Å²) < 4.78 is 13.4. The van der Waals surface area contributed by atoms with Crippen LogP contribution < -0.4 is 0 Å². The highest BCUT2D eigenvalue weighted by molar-refractivity contribution is 5.59. The molecule has 0 bridgehead atoms. The highest BCUT2D eigenvalue weighted by Gasteiger charge is 2.42. The third kappa shape index (κ3) is 2.32. The van der Waals surface area contributed by atoms with E-state index in [1.54, 1.807) is 0 Å². The lowest BCUT2D eigenvalue weighted by Gasteiger charge is -2.13. The van der Waals surface area contributed by atoms with Crippen molar-refractivity contribution in [3.8, 4) is 0 Å². The molecule has 1 saturated heterocycles. The molecule has 7 nitrogen and oxygen atoms in total. The van der Waals surface area contributed by atoms with Crippen LogP contribution in [0.3, 0.4) is 0 Å². The minimum absolute atomic E-state index is 0.290. The molecule has 0 spiro atoms. The molecule has 0 radical (unpaired) electrons. The number of rotatable bonds is 2. The predicted molar refractivity (Wildman–Crippen MR) is 41.3 cm³/mol. The van der Waals surface area contributed by atoms with Crippen molar-refractivity contribution >= 4 is 6.16 Å². The molecule has 0 aromatic heterocycles. The number of aliphatic hydroxyl groups excluding tert-OH is 3. The van der Waals surface area contributed by atoms with E-state index < -0.39 is 30.8 Å². The number of carbonyl (C=O) groups excluding carboxylic acids is 1. The topological polar surface area (TPSA) is 105 Å². The van der Waals surface area contributed by atoms with Gasteiger partial charge in [0.1, 0.15) is 24.9 Å². The largest absolute Gasteiger partial charge is 0.508 e. The van der Waals surface area contributed by atoms with Crippen molar-refractivity contribution in [1.82, 2.24) is 0 Å². The summed E-state index contributed by atoms with van der Waals surface area (Å²) in [6.45, 7) is -0.290. The van der Waals surface area contributed by atoms with E-state index in [-0.39, 0.29) is 6.61 Å². The summed E-state index contributed by atoms with van der Waals surface area (Å²) in [5.41, 5.74) is 0. The predicted octanol–water partition coefficient (Wildman–Crippen LogP) is -1.79. The molecule has 82 valence electrons. The maximum Gasteiger partial charge on any atom is 0.508 e. The molecule has 0 aliphatic carbocycles. The summed E-state index contributed by atoms with van der Waals surface area (Å²) in [5.74, 6) is 0. The Hall–Kier alpha value is -0.890. The second kappa shape index (κ2) is 4.56. The van der Waals surface area contributed by atoms with Gasteiger partial charge < -0.3 is 29.5 Å². The van der Waals surface area contributed by atoms with Gasteiger partial charge in [-0.25, -0.2) is 4.79 Å². The Bertz CT molecular complexity index is 206. The van der Waals surface area contributed by atoms with Crippen molar-refractivity contribution in [3.05, 3.63) is 0 Å². The van der Waals surface area contributed by atoms with Crippen LogP contribution in [0.5, 0.6) is 0 Å². The van der Waals surface area contributed by atoms with E-state index in [9.17, 15) is 9.90 Å². The first-order valence-electron chi connectivity index (χ1n) is 3.96. The highest BCUT2D eigenvalue weighted by atomic mass is 16.7. The van der Waals surface area contributed by atoms with Gasteiger partial charge in [0.15, 0.2) is 6.29 Å². The monoisotopic (exact) mass is 208 g/mol. The lowest BCUT2D eigenvalue weighted by atomic mass is 10.1. The van der Waals surface area contributed by atoms with Gasteiger partial charge in [0.2, 0.25) is 0 Å². The molecule has 3 N–H and O–H groups in total. The lowest BCUT2D eigenvalue weighted by Crippen LogP contribution is -2.34. The van der Waals surface area contributed by atoms with Crippen molar-refractivity contribution < 1.29 is 34.3 Å². The first kappa shape index (κ1) is 11.2. The molecule has 1 rings (SSSR count). The number of hydrogen-bond acceptors (Lipinski definition) is 7. The van der Waals surface area contributed by atoms with Gasteiger partial charge in [-0.3, -0.25) is 0 Å². The van der Waals surface area contributed by atoms with Crippen LogP contribution in [0, 0.1) is 0 Å². The summed E-state index contributed by atoms with van der Waals surface area (Å²) in [6.07, 6.45) is -6.00. The SMILES string of the molecule is COC(=O)OC[C@H]1OC(O)[C@@H](O)[C@@H]1O. The van der Waals surface area contributed by atoms with E-state index in [0.717, 1.165) is 7.11 Å². The summed E-state index contributed by atoms with van der Waals surface area (Å²) in [4.78, 5) is 10.5. The van der Waals surface area contributed by atoms with E-state index in [0.29, 0.717) is 0 Å². The van der Waals surface area contributed by atoms with Crippen LogP contribution in [-0.4, -0.2) is 59.8 Å². The average molecular weight is 208 g/mol. The van der Waals surface area contributed by atoms with Crippen molar-refractivity contribution in [2.24, 2.45) is 0 Å². The molecule has 1 fully saturated rings. The van der Waals surface area contributed by atoms with Crippen molar-refractivity contribution in [1.29, 1.82) is 0 Å². The Morgan fingerprint density at radius 1 is 1.36 bits per heavy atom. The first-order chi connectivity index (χ1) is 6.56. The average Bonchev–Trinajstić information content (AvgIpc) is 2.42. The van der Waals surface area contributed by atoms with Crippen LogP contribution in [0.4, 0.5) is 4.79 Å². The molecule has 0 aromatic carbocycles. The van der Waals surface area contributed by atoms with Crippen molar-refractivity contribution in [2.45, 2.75) is 24.6 Å². The van der Waals surface area contributed by atoms with Gasteiger partial charge in [0.05, 0.1) is 7.11 Å². The Kier molecular flexibility index (Phi) is 3.64. The molecular weight excluding hydrogens is 196 g/mol. The lowest BCUT2D eigenvalue weighted by molar-refractivity contribution is -0.134. The van der Waals surface area contributed by atoms with E-state index in [1.165, 1.54) is 0 Å². The van der Waals surface area contributed by atoms with Gasteiger partial charge in [-0.2, -0.15) is 0 Å². The molecule has 4 atom stereocenters. The standard InChI is InChI=1S/C7H12O7/c1-12-7(11)13-2-3-4(8)5(9)6(10)14-3/h3-6,8-10H,2H2,1H3/t3-,4-,5+,6?/m1/s1. The molecule has 0 aromatic rings. The summed E-state index contributed by atoms with van der Waals surface area (Å²) in [6, 6.07) is 0. The molecular formula is C7H12O7. The van der Waals surface area contributed by atoms with E-state index in [2.05, 4.69) is 9.47 Å². The van der Waals surface area contributed by atoms with E-state index in [4.69, 9.17) is 14.9 Å². The minimum atomic E-state index is -1.46. The highest BCUT2D eigenvalue weighted by Crippen LogP contribution is 2.19. The van der Waals surface area contributed by atoms with Crippen LogP contribution in [0.25, 0.3) is 0 Å². The van der Waals surface area contributed by atoms with Gasteiger partial charge in [0, 0.05) is 0 Å². The molecule has 1 unspecified atom stereocenters. The maximum absolute atomic E-state index is 10.5. The quantitative estimate of drug-likeness (QED) is 0.460. The van der Waals surface area contributed by atoms with Gasteiger partial charge in [-0.1, -0.05) is 0 Å². The van der Waals surface area contributed by atoms with Crippen LogP contribution >= 0.6 is 0 Å². The van der Waals surface area contributed by atoms with Gasteiger partial charge >= 0.3 is 6.16 Å². The Balaban J connectivity index is 2.36. The normalized spacial score (nSPS) is 36.9. The van der Waals surface area contributed by atoms with Gasteiger partial charge in [-0.05, 0) is 0 Å². The number of aliphatic hydroxyl groups is 3. The zero-order chi connectivity index (χ0) is 10.7.